The quantitative estimate of drug-likeness (QED) is 0.314. The van der Waals surface area contributed by atoms with Crippen LogP contribution in [0.2, 0.25) is 0 Å². The lowest BCUT2D eigenvalue weighted by Crippen LogP contribution is -2.33. The summed E-state index contributed by atoms with van der Waals surface area (Å²) in [5, 5.41) is 6.72. The Bertz CT molecular complexity index is 1210. The molecule has 2 aromatic carbocycles. The molecule has 0 spiro atoms. The number of carbonyl (C=O) groups excluding carboxylic acids is 2. The molecule has 0 unspecified atom stereocenters. The summed E-state index contributed by atoms with van der Waals surface area (Å²) in [6.07, 6.45) is 2.93. The van der Waals surface area contributed by atoms with Crippen LogP contribution in [0.5, 0.6) is 0 Å². The number of aromatic nitrogens is 2. The number of nitrogens with zero attached hydrogens (tertiary/aromatic N) is 2. The third kappa shape index (κ3) is 7.16. The number of ether oxygens (including phenoxy) is 1. The van der Waals surface area contributed by atoms with E-state index in [-0.39, 0.29) is 42.2 Å². The molecule has 0 aliphatic carbocycles. The van der Waals surface area contributed by atoms with Gasteiger partial charge < -0.3 is 15.4 Å². The van der Waals surface area contributed by atoms with Gasteiger partial charge in [0.2, 0.25) is 11.8 Å². The van der Waals surface area contributed by atoms with Gasteiger partial charge >= 0.3 is 0 Å². The fraction of sp³-hybridized carbons (Fsp3) is 0.385. The molecule has 2 N–H and O–H groups in total. The third-order valence-corrected chi connectivity index (χ3v) is 6.83. The summed E-state index contributed by atoms with van der Waals surface area (Å²) in [6.45, 7) is 1.94. The molecular formula is C26H30N4O4S. The number of rotatable bonds is 11. The van der Waals surface area contributed by atoms with Gasteiger partial charge in [-0.1, -0.05) is 54.2 Å². The molecular weight excluding hydrogens is 464 g/mol. The predicted octanol–water partition coefficient (Wildman–Crippen LogP) is 2.53. The maximum atomic E-state index is 13.2. The Kier molecular flexibility index (Phi) is 8.91. The Morgan fingerprint density at radius 2 is 1.86 bits per heavy atom. The molecule has 1 saturated heterocycles. The van der Waals surface area contributed by atoms with E-state index < -0.39 is 0 Å². The molecule has 1 aliphatic heterocycles. The van der Waals surface area contributed by atoms with Crippen LogP contribution in [-0.4, -0.2) is 52.9 Å². The molecule has 1 aliphatic rings. The highest BCUT2D eigenvalue weighted by Crippen LogP contribution is 2.18. The van der Waals surface area contributed by atoms with E-state index in [2.05, 4.69) is 15.6 Å². The Hall–Kier alpha value is -3.17. The van der Waals surface area contributed by atoms with E-state index in [1.807, 2.05) is 36.4 Å². The van der Waals surface area contributed by atoms with Gasteiger partial charge in [-0.3, -0.25) is 19.0 Å². The van der Waals surface area contributed by atoms with Crippen LogP contribution in [0.3, 0.4) is 0 Å². The molecule has 4 rings (SSSR count). The summed E-state index contributed by atoms with van der Waals surface area (Å²) in [6, 6.07) is 17.1. The van der Waals surface area contributed by atoms with Crippen molar-refractivity contribution in [1.29, 1.82) is 0 Å². The fourth-order valence-electron chi connectivity index (χ4n) is 3.96. The van der Waals surface area contributed by atoms with Gasteiger partial charge in [-0.05, 0) is 37.0 Å². The highest BCUT2D eigenvalue weighted by molar-refractivity contribution is 7.99. The van der Waals surface area contributed by atoms with Crippen molar-refractivity contribution in [3.8, 4) is 0 Å². The van der Waals surface area contributed by atoms with E-state index in [9.17, 15) is 14.4 Å². The Labute approximate surface area is 208 Å². The molecule has 0 radical (unpaired) electrons. The number of nitrogens with one attached hydrogen (secondary N) is 2. The van der Waals surface area contributed by atoms with E-state index in [1.165, 1.54) is 16.3 Å². The van der Waals surface area contributed by atoms with Crippen molar-refractivity contribution in [2.24, 2.45) is 0 Å². The largest absolute Gasteiger partial charge is 0.376 e. The number of hydrogen-bond acceptors (Lipinski definition) is 6. The molecule has 2 heterocycles. The standard InChI is InChI=1S/C26H30N4O4S/c31-23(27-14-12-19-7-2-1-3-8-19)13-15-30-25(33)21-10-4-5-11-22(21)29-26(30)35-18-24(32)28-17-20-9-6-16-34-20/h1-5,7-8,10-11,20H,6,9,12-18H2,(H,27,31)(H,28,32)/t20-/m0/s1. The number of fused-ring (bicyclic) bond motifs is 1. The topological polar surface area (TPSA) is 102 Å². The van der Waals surface area contributed by atoms with Crippen LogP contribution in [0, 0.1) is 0 Å². The van der Waals surface area contributed by atoms with Crippen LogP contribution < -0.4 is 16.2 Å². The first-order chi connectivity index (χ1) is 17.1. The first-order valence-electron chi connectivity index (χ1n) is 11.9. The summed E-state index contributed by atoms with van der Waals surface area (Å²) in [5.74, 6) is -0.148. The molecule has 2 amide bonds. The van der Waals surface area contributed by atoms with Crippen LogP contribution >= 0.6 is 11.8 Å². The molecule has 1 atom stereocenters. The van der Waals surface area contributed by atoms with Crippen molar-refractivity contribution in [2.75, 3.05) is 25.4 Å². The van der Waals surface area contributed by atoms with E-state index >= 15 is 0 Å². The number of benzene rings is 2. The van der Waals surface area contributed by atoms with Crippen molar-refractivity contribution < 1.29 is 14.3 Å². The summed E-state index contributed by atoms with van der Waals surface area (Å²) in [5.41, 5.74) is 1.51. The smallest absolute Gasteiger partial charge is 0.262 e. The van der Waals surface area contributed by atoms with Crippen LogP contribution in [0.4, 0.5) is 0 Å². The number of para-hydroxylation sites is 1. The molecule has 35 heavy (non-hydrogen) atoms. The van der Waals surface area contributed by atoms with Crippen LogP contribution in [-0.2, 0) is 27.3 Å². The SMILES string of the molecule is O=C(CCn1c(SCC(=O)NC[C@@H]2CCCO2)nc2ccccc2c1=O)NCCc1ccccc1. The second-order valence-corrected chi connectivity index (χ2v) is 9.37. The van der Waals surface area contributed by atoms with Gasteiger partial charge in [-0.25, -0.2) is 4.98 Å². The number of carbonyl (C=O) groups is 2. The van der Waals surface area contributed by atoms with Gasteiger partial charge in [0.1, 0.15) is 0 Å². The molecule has 0 bridgehead atoms. The summed E-state index contributed by atoms with van der Waals surface area (Å²) in [7, 11) is 0. The second-order valence-electron chi connectivity index (χ2n) is 8.43. The van der Waals surface area contributed by atoms with Crippen molar-refractivity contribution in [3.63, 3.8) is 0 Å². The Balaban J connectivity index is 1.37. The Morgan fingerprint density at radius 1 is 1.06 bits per heavy atom. The minimum atomic E-state index is -0.213. The van der Waals surface area contributed by atoms with Gasteiger partial charge in [-0.2, -0.15) is 0 Å². The van der Waals surface area contributed by atoms with Gasteiger partial charge in [0, 0.05) is 32.7 Å². The molecule has 1 fully saturated rings. The molecule has 8 nitrogen and oxygen atoms in total. The molecule has 1 aromatic heterocycles. The second kappa shape index (κ2) is 12.5. The molecule has 9 heteroatoms. The maximum absolute atomic E-state index is 13.2. The fourth-order valence-corrected chi connectivity index (χ4v) is 4.82. The average Bonchev–Trinajstić information content (AvgIpc) is 3.40. The molecule has 184 valence electrons. The number of amides is 2. The predicted molar refractivity (Wildman–Crippen MR) is 136 cm³/mol. The van der Waals surface area contributed by atoms with Crippen molar-refractivity contribution >= 4 is 34.5 Å². The van der Waals surface area contributed by atoms with Crippen LogP contribution in [0.15, 0.2) is 64.5 Å². The van der Waals surface area contributed by atoms with Crippen molar-refractivity contribution in [3.05, 3.63) is 70.5 Å². The van der Waals surface area contributed by atoms with Gasteiger partial charge in [0.05, 0.1) is 22.8 Å². The van der Waals surface area contributed by atoms with Gasteiger partial charge in [0.15, 0.2) is 5.16 Å². The zero-order valence-corrected chi connectivity index (χ0v) is 20.4. The third-order valence-electron chi connectivity index (χ3n) is 5.85. The summed E-state index contributed by atoms with van der Waals surface area (Å²) in [4.78, 5) is 42.6. The summed E-state index contributed by atoms with van der Waals surface area (Å²) >= 11 is 1.20. The number of thioether (sulfide) groups is 1. The first-order valence-corrected chi connectivity index (χ1v) is 12.9. The average molecular weight is 495 g/mol. The van der Waals surface area contributed by atoms with Crippen molar-refractivity contribution in [1.82, 2.24) is 20.2 Å². The molecule has 3 aromatic rings. The number of hydrogen-bond donors (Lipinski definition) is 2. The minimum absolute atomic E-state index is 0.0707. The highest BCUT2D eigenvalue weighted by Gasteiger charge is 2.18. The normalized spacial score (nSPS) is 15.3. The lowest BCUT2D eigenvalue weighted by Gasteiger charge is -2.14. The van der Waals surface area contributed by atoms with Crippen molar-refractivity contribution in [2.45, 2.75) is 43.5 Å². The Morgan fingerprint density at radius 3 is 2.66 bits per heavy atom. The van der Waals surface area contributed by atoms with E-state index in [4.69, 9.17) is 4.74 Å². The summed E-state index contributed by atoms with van der Waals surface area (Å²) < 4.78 is 7.04. The van der Waals surface area contributed by atoms with E-state index in [0.717, 1.165) is 31.4 Å². The highest BCUT2D eigenvalue weighted by atomic mass is 32.2. The zero-order valence-electron chi connectivity index (χ0n) is 19.6. The van der Waals surface area contributed by atoms with E-state index in [1.54, 1.807) is 18.2 Å². The maximum Gasteiger partial charge on any atom is 0.262 e. The lowest BCUT2D eigenvalue weighted by atomic mass is 10.1. The van der Waals surface area contributed by atoms with Gasteiger partial charge in [-0.15, -0.1) is 0 Å². The molecule has 0 saturated carbocycles. The van der Waals surface area contributed by atoms with Crippen LogP contribution in [0.1, 0.15) is 24.8 Å². The monoisotopic (exact) mass is 494 g/mol. The zero-order chi connectivity index (χ0) is 24.5. The minimum Gasteiger partial charge on any atom is -0.376 e. The first kappa shape index (κ1) is 24.9. The lowest BCUT2D eigenvalue weighted by molar-refractivity contribution is -0.121. The van der Waals surface area contributed by atoms with E-state index in [0.29, 0.717) is 29.1 Å². The van der Waals surface area contributed by atoms with Crippen LogP contribution in [0.25, 0.3) is 10.9 Å². The van der Waals surface area contributed by atoms with Gasteiger partial charge in [0.25, 0.3) is 5.56 Å².